The van der Waals surface area contributed by atoms with Gasteiger partial charge in [0.25, 0.3) is 5.56 Å². The van der Waals surface area contributed by atoms with E-state index in [2.05, 4.69) is 9.88 Å². The molecule has 0 radical (unpaired) electrons. The Morgan fingerprint density at radius 1 is 0.820 bits per heavy atom. The summed E-state index contributed by atoms with van der Waals surface area (Å²) >= 11 is 1.22. The Morgan fingerprint density at radius 2 is 1.34 bits per heavy atom. The molecule has 61 heavy (non-hydrogen) atoms. The van der Waals surface area contributed by atoms with E-state index in [-0.39, 0.29) is 48.1 Å². The summed E-state index contributed by atoms with van der Waals surface area (Å²) < 4.78 is 59.4. The summed E-state index contributed by atoms with van der Waals surface area (Å²) in [4.78, 5) is 67.2. The molecule has 1 heterocycles. The van der Waals surface area contributed by atoms with Gasteiger partial charge >= 0.3 is 24.1 Å². The molecule has 0 saturated carbocycles. The maximum Gasteiger partial charge on any atom is 0.416 e. The van der Waals surface area contributed by atoms with Crippen molar-refractivity contribution in [1.29, 1.82) is 0 Å². The van der Waals surface area contributed by atoms with Crippen LogP contribution in [0, 0.1) is 5.82 Å². The summed E-state index contributed by atoms with van der Waals surface area (Å²) in [6.45, 7) is 10.2. The van der Waals surface area contributed by atoms with E-state index in [9.17, 15) is 41.5 Å². The van der Waals surface area contributed by atoms with Crippen molar-refractivity contribution in [2.24, 2.45) is 0 Å². The molecular weight excluding hydrogens is 829 g/mol. The molecule has 4 rings (SSSR count). The third-order valence-corrected chi connectivity index (χ3v) is 9.99. The number of aliphatic hydroxyl groups is 2. The van der Waals surface area contributed by atoms with Crippen molar-refractivity contribution < 1.29 is 61.9 Å². The van der Waals surface area contributed by atoms with Crippen molar-refractivity contribution in [1.82, 2.24) is 19.4 Å². The first-order chi connectivity index (χ1) is 28.7. The number of halogens is 4. The van der Waals surface area contributed by atoms with Gasteiger partial charge in [0, 0.05) is 37.1 Å². The molecule has 2 atom stereocenters. The van der Waals surface area contributed by atoms with E-state index >= 15 is 0 Å². The van der Waals surface area contributed by atoms with Gasteiger partial charge in [-0.05, 0) is 73.5 Å². The maximum absolute atomic E-state index is 14.1. The fourth-order valence-corrected chi connectivity index (χ4v) is 6.46. The first-order valence-corrected chi connectivity index (χ1v) is 20.0. The lowest BCUT2D eigenvalue weighted by atomic mass is 10.0. The number of likely N-dealkylation sites (N-methyl/N-ethyl adjacent to an activating group) is 1. The van der Waals surface area contributed by atoms with Crippen molar-refractivity contribution in [3.05, 3.63) is 117 Å². The van der Waals surface area contributed by atoms with E-state index < -0.39 is 47.4 Å². The highest BCUT2D eigenvalue weighted by Gasteiger charge is 2.30. The first-order valence-electron chi connectivity index (χ1n) is 19.0. The van der Waals surface area contributed by atoms with Gasteiger partial charge < -0.3 is 39.5 Å². The van der Waals surface area contributed by atoms with Crippen LogP contribution in [-0.2, 0) is 55.4 Å². The highest BCUT2D eigenvalue weighted by atomic mass is 32.2. The average molecular weight is 877 g/mol. The van der Waals surface area contributed by atoms with Gasteiger partial charge in [-0.3, -0.25) is 14.4 Å². The van der Waals surface area contributed by atoms with Crippen LogP contribution in [0.4, 0.5) is 17.6 Å². The van der Waals surface area contributed by atoms with Crippen molar-refractivity contribution in [2.75, 3.05) is 26.2 Å². The van der Waals surface area contributed by atoms with Gasteiger partial charge in [-0.25, -0.2) is 14.0 Å². The molecule has 0 fully saturated rings. The first kappa shape index (κ1) is 49.7. The van der Waals surface area contributed by atoms with Crippen LogP contribution in [0.5, 0.6) is 0 Å². The average Bonchev–Trinajstić information content (AvgIpc) is 3.21. The fourth-order valence-electron chi connectivity index (χ4n) is 5.54. The Labute approximate surface area is 353 Å². The number of ether oxygens (including phenoxy) is 1. The quantitative estimate of drug-likeness (QED) is 0.0420. The van der Waals surface area contributed by atoms with Crippen molar-refractivity contribution in [2.45, 2.75) is 82.6 Å². The second-order valence-corrected chi connectivity index (χ2v) is 14.7. The van der Waals surface area contributed by atoms with E-state index in [1.165, 1.54) is 42.2 Å². The number of carboxylic acid groups (broad SMARTS) is 2. The highest BCUT2D eigenvalue weighted by molar-refractivity contribution is 7.98. The van der Waals surface area contributed by atoms with Gasteiger partial charge in [-0.1, -0.05) is 74.1 Å². The molecule has 0 aliphatic rings. The Hall–Kier alpha value is -5.63. The fraction of sp³-hybridized carbons (Fsp3) is 0.381. The molecule has 330 valence electrons. The van der Waals surface area contributed by atoms with E-state index in [1.54, 1.807) is 35.4 Å². The van der Waals surface area contributed by atoms with Crippen molar-refractivity contribution >= 4 is 35.6 Å². The van der Waals surface area contributed by atoms with Crippen LogP contribution in [0.2, 0.25) is 0 Å². The van der Waals surface area contributed by atoms with Gasteiger partial charge in [0.2, 0.25) is 5.91 Å². The molecule has 2 unspecified atom stereocenters. The maximum atomic E-state index is 14.1. The number of esters is 1. The molecule has 4 N–H and O–H groups in total. The Kier molecular flexibility index (Phi) is 19.1. The molecule has 14 nitrogen and oxygen atoms in total. The minimum absolute atomic E-state index is 0.0909. The number of rotatable bonds is 19. The predicted octanol–water partition coefficient (Wildman–Crippen LogP) is 5.10. The molecule has 0 aliphatic heterocycles. The number of carbonyl (C=O) groups is 4. The lowest BCUT2D eigenvalue weighted by Crippen LogP contribution is -2.40. The topological polar surface area (TPSA) is 200 Å². The zero-order valence-corrected chi connectivity index (χ0v) is 34.7. The number of carbonyl (C=O) groups excluding carboxylic acids is 2. The predicted molar refractivity (Wildman–Crippen MR) is 217 cm³/mol. The summed E-state index contributed by atoms with van der Waals surface area (Å²) in [7, 11) is 0. The second-order valence-electron chi connectivity index (χ2n) is 13.8. The molecule has 1 aromatic heterocycles. The number of amides is 1. The number of nitrogens with zero attached hydrogens (tertiary/aromatic N) is 4. The van der Waals surface area contributed by atoms with Crippen LogP contribution in [0.15, 0.2) is 88.9 Å². The van der Waals surface area contributed by atoms with E-state index in [4.69, 9.17) is 25.2 Å². The smallest absolute Gasteiger partial charge is 0.416 e. The molecule has 0 spiro atoms. The number of benzene rings is 3. The standard InChI is InChI=1S/C38H42F4N4O4S.C4H6O6/c1-5-44(6-2)19-20-45(22-27-7-11-29(12-8-27)30-13-15-32(16-14-30)38(40,41)42)34(47)24-46-23-31(21-35(48)50-26(3)4)36(49)43-37(46)51-25-28-9-17-33(39)18-10-28;5-1(3(7)8)2(6)4(9)10/h7-18,23,26H,5-6,19-22,24-25H2,1-4H3;1-2,5-6H,(H,7,8)(H,9,10). The third-order valence-electron chi connectivity index (χ3n) is 8.93. The van der Waals surface area contributed by atoms with Gasteiger partial charge in [0.05, 0.1) is 18.1 Å². The van der Waals surface area contributed by atoms with E-state index in [1.807, 2.05) is 38.1 Å². The van der Waals surface area contributed by atoms with Crippen molar-refractivity contribution in [3.63, 3.8) is 0 Å². The number of aromatic nitrogens is 2. The zero-order chi connectivity index (χ0) is 45.4. The van der Waals surface area contributed by atoms with Gasteiger partial charge in [-0.15, -0.1) is 0 Å². The zero-order valence-electron chi connectivity index (χ0n) is 33.8. The molecule has 4 aromatic rings. The number of alkyl halides is 3. The lowest BCUT2D eigenvalue weighted by Gasteiger charge is -2.27. The van der Waals surface area contributed by atoms with Crippen LogP contribution in [0.25, 0.3) is 11.1 Å². The summed E-state index contributed by atoms with van der Waals surface area (Å²) in [5, 5.41) is 32.8. The number of aliphatic carboxylic acids is 2. The summed E-state index contributed by atoms with van der Waals surface area (Å²) in [6, 6.07) is 18.2. The summed E-state index contributed by atoms with van der Waals surface area (Å²) in [5.74, 6) is -4.40. The number of carboxylic acids is 2. The number of thioether (sulfide) groups is 1. The number of aliphatic hydroxyl groups excluding tert-OH is 2. The van der Waals surface area contributed by atoms with Crippen LogP contribution in [-0.4, -0.2) is 108 Å². The van der Waals surface area contributed by atoms with Gasteiger partial charge in [0.15, 0.2) is 17.4 Å². The van der Waals surface area contributed by atoms with Crippen LogP contribution in [0.3, 0.4) is 0 Å². The molecule has 0 saturated heterocycles. The Morgan fingerprint density at radius 3 is 1.84 bits per heavy atom. The molecule has 3 aromatic carbocycles. The molecule has 1 amide bonds. The SMILES string of the molecule is CCN(CC)CCN(Cc1ccc(-c2ccc(C(F)(F)F)cc2)cc1)C(=O)Cn1cc(CC(=O)OC(C)C)c(=O)nc1SCc1ccc(F)cc1.O=C(O)C(O)C(O)C(=O)O. The number of hydrogen-bond donors (Lipinski definition) is 4. The molecule has 0 bridgehead atoms. The van der Waals surface area contributed by atoms with Gasteiger partial charge in [0.1, 0.15) is 12.4 Å². The molecule has 19 heteroatoms. The highest BCUT2D eigenvalue weighted by Crippen LogP contribution is 2.31. The normalized spacial score (nSPS) is 12.3. The number of hydrogen-bond acceptors (Lipinski definition) is 11. The Bertz CT molecular complexity index is 2110. The van der Waals surface area contributed by atoms with Crippen LogP contribution >= 0.6 is 11.8 Å². The molecule has 0 aliphatic carbocycles. The third kappa shape index (κ3) is 16.1. The van der Waals surface area contributed by atoms with Crippen molar-refractivity contribution in [3.8, 4) is 11.1 Å². The van der Waals surface area contributed by atoms with Crippen LogP contribution < -0.4 is 5.56 Å². The van der Waals surface area contributed by atoms with Gasteiger partial charge in [-0.2, -0.15) is 18.2 Å². The minimum Gasteiger partial charge on any atom is -0.479 e. The summed E-state index contributed by atoms with van der Waals surface area (Å²) in [5.41, 5.74) is 1.74. The van der Waals surface area contributed by atoms with E-state index in [0.29, 0.717) is 24.4 Å². The largest absolute Gasteiger partial charge is 0.479 e. The summed E-state index contributed by atoms with van der Waals surface area (Å²) in [6.07, 6.45) is -8.16. The minimum atomic E-state index is -4.42. The van der Waals surface area contributed by atoms with Crippen LogP contribution in [0.1, 0.15) is 49.9 Å². The molecular formula is C42H48F4N4O10S. The lowest BCUT2D eigenvalue weighted by molar-refractivity contribution is -0.165. The second kappa shape index (κ2) is 23.4. The van der Waals surface area contributed by atoms with E-state index in [0.717, 1.165) is 41.9 Å². The Balaban J connectivity index is 0.000000878. The monoisotopic (exact) mass is 876 g/mol.